The molecule has 2 rings (SSSR count). The zero-order valence-corrected chi connectivity index (χ0v) is 10.2. The van der Waals surface area contributed by atoms with Crippen LogP contribution in [0.1, 0.15) is 18.9 Å². The summed E-state index contributed by atoms with van der Waals surface area (Å²) in [6.07, 6.45) is 0.692. The molecule has 1 unspecified atom stereocenters. The third kappa shape index (κ3) is 2.19. The second-order valence-electron chi connectivity index (χ2n) is 4.77. The second kappa shape index (κ2) is 4.86. The molecule has 0 saturated carbocycles. The van der Waals surface area contributed by atoms with Crippen LogP contribution in [0.25, 0.3) is 10.8 Å². The normalized spacial score (nSPS) is 14.8. The van der Waals surface area contributed by atoms with Crippen molar-refractivity contribution >= 4 is 10.8 Å². The highest BCUT2D eigenvalue weighted by atomic mass is 16.3. The Hall–Kier alpha value is -1.38. The van der Waals surface area contributed by atoms with E-state index in [0.29, 0.717) is 13.0 Å². The van der Waals surface area contributed by atoms with Crippen LogP contribution in [0, 0.1) is 0 Å². The maximum Gasteiger partial charge on any atom is 0.0439 e. The number of benzene rings is 2. The first kappa shape index (κ1) is 12.1. The minimum Gasteiger partial charge on any atom is -0.396 e. The molecule has 0 radical (unpaired) electrons. The van der Waals surface area contributed by atoms with Crippen LogP contribution < -0.4 is 5.73 Å². The molecule has 0 saturated heterocycles. The molecule has 0 bridgehead atoms. The first-order chi connectivity index (χ1) is 8.21. The smallest absolute Gasteiger partial charge is 0.0439 e. The van der Waals surface area contributed by atoms with E-state index in [-0.39, 0.29) is 12.0 Å². The third-order valence-corrected chi connectivity index (χ3v) is 3.55. The van der Waals surface area contributed by atoms with Crippen LogP contribution >= 0.6 is 0 Å². The minimum absolute atomic E-state index is 0.157. The van der Waals surface area contributed by atoms with E-state index in [1.165, 1.54) is 16.3 Å². The predicted octanol–water partition coefficient (Wildman–Crippen LogP) is 2.44. The number of fused-ring (bicyclic) bond motifs is 1. The maximum absolute atomic E-state index is 9.21. The summed E-state index contributed by atoms with van der Waals surface area (Å²) in [4.78, 5) is 0. The van der Waals surface area contributed by atoms with E-state index in [1.807, 2.05) is 12.1 Å². The molecule has 2 aromatic rings. The molecule has 0 aliphatic heterocycles. The average Bonchev–Trinajstić information content (AvgIpc) is 2.38. The van der Waals surface area contributed by atoms with Gasteiger partial charge in [-0.15, -0.1) is 0 Å². The molecule has 1 atom stereocenters. The zero-order chi connectivity index (χ0) is 12.3. The average molecular weight is 229 g/mol. The first-order valence-electron chi connectivity index (χ1n) is 6.00. The third-order valence-electron chi connectivity index (χ3n) is 3.55. The quantitative estimate of drug-likeness (QED) is 0.846. The van der Waals surface area contributed by atoms with Gasteiger partial charge in [-0.05, 0) is 22.8 Å². The topological polar surface area (TPSA) is 46.2 Å². The molecule has 2 aromatic carbocycles. The van der Waals surface area contributed by atoms with Crippen molar-refractivity contribution in [2.24, 2.45) is 5.73 Å². The lowest BCUT2D eigenvalue weighted by Gasteiger charge is -2.29. The number of nitrogens with two attached hydrogens (primary N) is 1. The van der Waals surface area contributed by atoms with Crippen molar-refractivity contribution in [2.45, 2.75) is 18.8 Å². The van der Waals surface area contributed by atoms with Gasteiger partial charge in [-0.25, -0.2) is 0 Å². The fraction of sp³-hybridized carbons (Fsp3) is 0.333. The molecule has 0 aromatic heterocycles. The van der Waals surface area contributed by atoms with Crippen LogP contribution in [-0.2, 0) is 5.41 Å². The van der Waals surface area contributed by atoms with Crippen molar-refractivity contribution in [3.63, 3.8) is 0 Å². The van der Waals surface area contributed by atoms with E-state index < -0.39 is 0 Å². The molecule has 2 nitrogen and oxygen atoms in total. The summed E-state index contributed by atoms with van der Waals surface area (Å²) in [5.41, 5.74) is 6.98. The van der Waals surface area contributed by atoms with Gasteiger partial charge in [-0.1, -0.05) is 49.4 Å². The Balaban J connectivity index is 2.61. The van der Waals surface area contributed by atoms with Crippen molar-refractivity contribution in [2.75, 3.05) is 13.2 Å². The van der Waals surface area contributed by atoms with Crippen LogP contribution in [0.5, 0.6) is 0 Å². The molecule has 0 spiro atoms. The van der Waals surface area contributed by atoms with Crippen molar-refractivity contribution < 1.29 is 5.11 Å². The van der Waals surface area contributed by atoms with Gasteiger partial charge in [-0.3, -0.25) is 0 Å². The lowest BCUT2D eigenvalue weighted by Crippen LogP contribution is -2.33. The number of hydrogen-bond donors (Lipinski definition) is 2. The molecular formula is C15H19NO. The van der Waals surface area contributed by atoms with Crippen molar-refractivity contribution in [1.82, 2.24) is 0 Å². The van der Waals surface area contributed by atoms with E-state index in [4.69, 9.17) is 5.73 Å². The van der Waals surface area contributed by atoms with Crippen LogP contribution in [0.3, 0.4) is 0 Å². The summed E-state index contributed by atoms with van der Waals surface area (Å²) in [5, 5.41) is 11.7. The lowest BCUT2D eigenvalue weighted by molar-refractivity contribution is 0.247. The largest absolute Gasteiger partial charge is 0.396 e. The summed E-state index contributed by atoms with van der Waals surface area (Å²) >= 11 is 0. The van der Waals surface area contributed by atoms with Crippen LogP contribution in [0.2, 0.25) is 0 Å². The molecule has 17 heavy (non-hydrogen) atoms. The van der Waals surface area contributed by atoms with Crippen molar-refractivity contribution in [3.8, 4) is 0 Å². The molecule has 3 N–H and O–H groups in total. The highest BCUT2D eigenvalue weighted by molar-refractivity contribution is 5.86. The Morgan fingerprint density at radius 2 is 1.82 bits per heavy atom. The highest BCUT2D eigenvalue weighted by Gasteiger charge is 2.25. The summed E-state index contributed by atoms with van der Waals surface area (Å²) < 4.78 is 0. The van der Waals surface area contributed by atoms with Gasteiger partial charge in [0.2, 0.25) is 0 Å². The Bertz CT molecular complexity index is 504. The fourth-order valence-electron chi connectivity index (χ4n) is 2.35. The van der Waals surface area contributed by atoms with E-state index in [1.54, 1.807) is 0 Å². The monoisotopic (exact) mass is 229 g/mol. The SMILES string of the molecule is CC(CN)(CCO)c1cccc2ccccc12. The van der Waals surface area contributed by atoms with E-state index in [0.717, 1.165) is 0 Å². The van der Waals surface area contributed by atoms with Crippen LogP contribution in [-0.4, -0.2) is 18.3 Å². The van der Waals surface area contributed by atoms with Gasteiger partial charge in [-0.2, -0.15) is 0 Å². The Morgan fingerprint density at radius 3 is 2.53 bits per heavy atom. The summed E-state index contributed by atoms with van der Waals surface area (Å²) in [5.74, 6) is 0. The van der Waals surface area contributed by atoms with Gasteiger partial charge in [0.15, 0.2) is 0 Å². The Labute approximate surface area is 102 Å². The van der Waals surface area contributed by atoms with Crippen molar-refractivity contribution in [3.05, 3.63) is 48.0 Å². The Morgan fingerprint density at radius 1 is 1.12 bits per heavy atom. The second-order valence-corrected chi connectivity index (χ2v) is 4.77. The molecule has 0 heterocycles. The fourth-order valence-corrected chi connectivity index (χ4v) is 2.35. The summed E-state index contributed by atoms with van der Waals surface area (Å²) in [6.45, 7) is 2.82. The molecule has 0 aliphatic rings. The van der Waals surface area contributed by atoms with Crippen molar-refractivity contribution in [1.29, 1.82) is 0 Å². The standard InChI is InChI=1S/C15H19NO/c1-15(11-16,9-10-17)14-8-4-6-12-5-2-3-7-13(12)14/h2-8,17H,9-11,16H2,1H3. The van der Waals surface area contributed by atoms with Gasteiger partial charge in [0.25, 0.3) is 0 Å². The predicted molar refractivity (Wildman–Crippen MR) is 72.1 cm³/mol. The van der Waals surface area contributed by atoms with Crippen LogP contribution in [0.15, 0.2) is 42.5 Å². The number of aliphatic hydroxyl groups excluding tert-OH is 1. The molecule has 90 valence electrons. The van der Waals surface area contributed by atoms with Crippen LogP contribution in [0.4, 0.5) is 0 Å². The van der Waals surface area contributed by atoms with E-state index in [9.17, 15) is 5.11 Å². The zero-order valence-electron chi connectivity index (χ0n) is 10.2. The van der Waals surface area contributed by atoms with E-state index >= 15 is 0 Å². The number of rotatable bonds is 4. The molecule has 0 aliphatic carbocycles. The first-order valence-corrected chi connectivity index (χ1v) is 6.00. The number of hydrogen-bond acceptors (Lipinski definition) is 2. The maximum atomic E-state index is 9.21. The number of aliphatic hydroxyl groups is 1. The molecular weight excluding hydrogens is 210 g/mol. The van der Waals surface area contributed by atoms with Gasteiger partial charge < -0.3 is 10.8 Å². The van der Waals surface area contributed by atoms with Gasteiger partial charge in [0, 0.05) is 18.6 Å². The Kier molecular flexibility index (Phi) is 3.46. The molecule has 2 heteroatoms. The van der Waals surface area contributed by atoms with Gasteiger partial charge in [0.05, 0.1) is 0 Å². The van der Waals surface area contributed by atoms with E-state index in [2.05, 4.69) is 37.3 Å². The van der Waals surface area contributed by atoms with Gasteiger partial charge >= 0.3 is 0 Å². The summed E-state index contributed by atoms with van der Waals surface area (Å²) in [6, 6.07) is 14.6. The summed E-state index contributed by atoms with van der Waals surface area (Å²) in [7, 11) is 0. The molecule has 0 amide bonds. The highest BCUT2D eigenvalue weighted by Crippen LogP contribution is 2.32. The lowest BCUT2D eigenvalue weighted by atomic mass is 9.77. The molecule has 0 fully saturated rings. The minimum atomic E-state index is -0.157. The van der Waals surface area contributed by atoms with Gasteiger partial charge in [0.1, 0.15) is 0 Å².